The highest BCUT2D eigenvalue weighted by Crippen LogP contribution is 2.40. The molecular formula is C17H26N2. The number of hydrogen-bond donors (Lipinski definition) is 1. The Morgan fingerprint density at radius 3 is 2.53 bits per heavy atom. The van der Waals surface area contributed by atoms with Crippen LogP contribution in [-0.2, 0) is 6.54 Å². The molecule has 1 heterocycles. The lowest BCUT2D eigenvalue weighted by Crippen LogP contribution is -2.26. The molecule has 3 rings (SSSR count). The molecule has 2 unspecified atom stereocenters. The zero-order valence-corrected chi connectivity index (χ0v) is 12.2. The minimum absolute atomic E-state index is 0.547. The zero-order chi connectivity index (χ0) is 13.2. The minimum atomic E-state index is 0.547. The first-order valence-electron chi connectivity index (χ1n) is 7.80. The van der Waals surface area contributed by atoms with Crippen LogP contribution in [0.25, 0.3) is 0 Å². The van der Waals surface area contributed by atoms with E-state index >= 15 is 0 Å². The Bertz CT molecular complexity index is 415. The summed E-state index contributed by atoms with van der Waals surface area (Å²) in [6, 6.07) is 9.48. The van der Waals surface area contributed by atoms with Crippen molar-refractivity contribution in [3.63, 3.8) is 0 Å². The van der Waals surface area contributed by atoms with Gasteiger partial charge in [0, 0.05) is 31.4 Å². The summed E-state index contributed by atoms with van der Waals surface area (Å²) < 4.78 is 0. The molecule has 1 aliphatic carbocycles. The van der Waals surface area contributed by atoms with Crippen molar-refractivity contribution in [2.75, 3.05) is 18.0 Å². The predicted molar refractivity (Wildman–Crippen MR) is 81.5 cm³/mol. The molecule has 104 valence electrons. The summed E-state index contributed by atoms with van der Waals surface area (Å²) >= 11 is 0. The quantitative estimate of drug-likeness (QED) is 0.890. The number of hydrogen-bond acceptors (Lipinski definition) is 2. The lowest BCUT2D eigenvalue weighted by molar-refractivity contribution is 0.494. The van der Waals surface area contributed by atoms with Crippen LogP contribution in [0.3, 0.4) is 0 Å². The number of anilines is 1. The van der Waals surface area contributed by atoms with E-state index < -0.39 is 0 Å². The normalized spacial score (nSPS) is 26.2. The maximum atomic E-state index is 3.55. The monoisotopic (exact) mass is 258 g/mol. The minimum Gasteiger partial charge on any atom is -0.371 e. The van der Waals surface area contributed by atoms with Gasteiger partial charge in [-0.15, -0.1) is 0 Å². The largest absolute Gasteiger partial charge is 0.371 e. The van der Waals surface area contributed by atoms with E-state index in [0.29, 0.717) is 6.04 Å². The fourth-order valence-corrected chi connectivity index (χ4v) is 3.71. The van der Waals surface area contributed by atoms with Crippen LogP contribution in [-0.4, -0.2) is 19.1 Å². The van der Waals surface area contributed by atoms with Gasteiger partial charge in [0.1, 0.15) is 0 Å². The van der Waals surface area contributed by atoms with Gasteiger partial charge in [-0.2, -0.15) is 0 Å². The first-order chi connectivity index (χ1) is 9.24. The fraction of sp³-hybridized carbons (Fsp3) is 0.647. The Hall–Kier alpha value is -1.02. The van der Waals surface area contributed by atoms with Crippen molar-refractivity contribution in [3.8, 4) is 0 Å². The molecule has 0 aromatic heterocycles. The third-order valence-corrected chi connectivity index (χ3v) is 4.76. The van der Waals surface area contributed by atoms with E-state index in [1.165, 1.54) is 43.6 Å². The third kappa shape index (κ3) is 2.79. The molecule has 1 aromatic rings. The summed E-state index contributed by atoms with van der Waals surface area (Å²) in [5, 5.41) is 3.55. The number of rotatable bonds is 4. The molecule has 0 bridgehead atoms. The SMILES string of the molecule is CC(C)NCc1ccccc1N1CC2CCCC2C1. The second kappa shape index (κ2) is 5.54. The van der Waals surface area contributed by atoms with Crippen molar-refractivity contribution >= 4 is 5.69 Å². The second-order valence-electron chi connectivity index (χ2n) is 6.52. The molecule has 0 amide bonds. The van der Waals surface area contributed by atoms with E-state index in [1.54, 1.807) is 0 Å². The van der Waals surface area contributed by atoms with Gasteiger partial charge in [0.15, 0.2) is 0 Å². The first kappa shape index (κ1) is 13.0. The van der Waals surface area contributed by atoms with Crippen molar-refractivity contribution in [1.82, 2.24) is 5.32 Å². The maximum absolute atomic E-state index is 3.55. The number of benzene rings is 1. The average molecular weight is 258 g/mol. The Kier molecular flexibility index (Phi) is 3.79. The van der Waals surface area contributed by atoms with Gasteiger partial charge in [-0.25, -0.2) is 0 Å². The molecule has 1 saturated carbocycles. The molecule has 0 radical (unpaired) electrons. The van der Waals surface area contributed by atoms with Crippen molar-refractivity contribution in [3.05, 3.63) is 29.8 Å². The molecule has 2 aliphatic rings. The lowest BCUT2D eigenvalue weighted by atomic mass is 10.0. The number of para-hydroxylation sites is 1. The van der Waals surface area contributed by atoms with E-state index in [2.05, 4.69) is 48.3 Å². The smallest absolute Gasteiger partial charge is 0.0412 e. The Labute approximate surface area is 117 Å². The van der Waals surface area contributed by atoms with Crippen LogP contribution in [0, 0.1) is 11.8 Å². The molecular weight excluding hydrogens is 232 g/mol. The van der Waals surface area contributed by atoms with E-state index in [1.807, 2.05) is 0 Å². The van der Waals surface area contributed by atoms with Gasteiger partial charge in [-0.05, 0) is 36.3 Å². The van der Waals surface area contributed by atoms with Crippen LogP contribution >= 0.6 is 0 Å². The van der Waals surface area contributed by atoms with E-state index in [-0.39, 0.29) is 0 Å². The van der Waals surface area contributed by atoms with Gasteiger partial charge >= 0.3 is 0 Å². The standard InChI is InChI=1S/C17H26N2/c1-13(2)18-10-14-6-3-4-9-17(14)19-11-15-7-5-8-16(15)12-19/h3-4,6,9,13,15-16,18H,5,7-8,10-12H2,1-2H3. The molecule has 1 N–H and O–H groups in total. The molecule has 2 atom stereocenters. The molecule has 19 heavy (non-hydrogen) atoms. The van der Waals surface area contributed by atoms with Crippen LogP contribution in [0.1, 0.15) is 38.7 Å². The molecule has 0 spiro atoms. The highest BCUT2D eigenvalue weighted by atomic mass is 15.2. The van der Waals surface area contributed by atoms with E-state index in [0.717, 1.165) is 18.4 Å². The van der Waals surface area contributed by atoms with Gasteiger partial charge in [0.25, 0.3) is 0 Å². The van der Waals surface area contributed by atoms with Gasteiger partial charge in [-0.3, -0.25) is 0 Å². The van der Waals surface area contributed by atoms with Crippen LogP contribution in [0.5, 0.6) is 0 Å². The molecule has 1 saturated heterocycles. The average Bonchev–Trinajstić information content (AvgIpc) is 2.97. The molecule has 2 nitrogen and oxygen atoms in total. The molecule has 2 fully saturated rings. The Balaban J connectivity index is 1.73. The van der Waals surface area contributed by atoms with Crippen LogP contribution in [0.4, 0.5) is 5.69 Å². The zero-order valence-electron chi connectivity index (χ0n) is 12.2. The lowest BCUT2D eigenvalue weighted by Gasteiger charge is -2.23. The fourth-order valence-electron chi connectivity index (χ4n) is 3.71. The summed E-state index contributed by atoms with van der Waals surface area (Å²) in [4.78, 5) is 2.63. The Morgan fingerprint density at radius 2 is 1.84 bits per heavy atom. The summed E-state index contributed by atoms with van der Waals surface area (Å²) in [7, 11) is 0. The number of nitrogens with one attached hydrogen (secondary N) is 1. The van der Waals surface area contributed by atoms with Crippen molar-refractivity contribution in [2.45, 2.75) is 45.7 Å². The van der Waals surface area contributed by atoms with Crippen LogP contribution in [0.15, 0.2) is 24.3 Å². The summed E-state index contributed by atoms with van der Waals surface area (Å²) in [6.45, 7) is 7.97. The highest BCUT2D eigenvalue weighted by Gasteiger charge is 2.36. The molecule has 2 heteroatoms. The molecule has 1 aliphatic heterocycles. The number of fused-ring (bicyclic) bond motifs is 1. The van der Waals surface area contributed by atoms with E-state index in [9.17, 15) is 0 Å². The van der Waals surface area contributed by atoms with Gasteiger partial charge < -0.3 is 10.2 Å². The summed E-state index contributed by atoms with van der Waals surface area (Å²) in [6.07, 6.45) is 4.36. The summed E-state index contributed by atoms with van der Waals surface area (Å²) in [5.41, 5.74) is 2.92. The predicted octanol–water partition coefficient (Wildman–Crippen LogP) is 3.42. The third-order valence-electron chi connectivity index (χ3n) is 4.76. The van der Waals surface area contributed by atoms with Crippen molar-refractivity contribution in [1.29, 1.82) is 0 Å². The summed E-state index contributed by atoms with van der Waals surface area (Å²) in [5.74, 6) is 1.93. The number of nitrogens with zero attached hydrogens (tertiary/aromatic N) is 1. The molecule has 1 aromatic carbocycles. The van der Waals surface area contributed by atoms with Gasteiger partial charge in [0.2, 0.25) is 0 Å². The highest BCUT2D eigenvalue weighted by molar-refractivity contribution is 5.54. The maximum Gasteiger partial charge on any atom is 0.0412 e. The van der Waals surface area contributed by atoms with Crippen LogP contribution < -0.4 is 10.2 Å². The van der Waals surface area contributed by atoms with Gasteiger partial charge in [-0.1, -0.05) is 38.5 Å². The Morgan fingerprint density at radius 1 is 1.16 bits per heavy atom. The first-order valence-corrected chi connectivity index (χ1v) is 7.80. The second-order valence-corrected chi connectivity index (χ2v) is 6.52. The topological polar surface area (TPSA) is 15.3 Å². The van der Waals surface area contributed by atoms with Crippen LogP contribution in [0.2, 0.25) is 0 Å². The van der Waals surface area contributed by atoms with Gasteiger partial charge in [0.05, 0.1) is 0 Å². The van der Waals surface area contributed by atoms with E-state index in [4.69, 9.17) is 0 Å². The van der Waals surface area contributed by atoms with Crippen molar-refractivity contribution < 1.29 is 0 Å². The van der Waals surface area contributed by atoms with Crippen molar-refractivity contribution in [2.24, 2.45) is 11.8 Å².